The molecule has 0 atom stereocenters. The fourth-order valence-corrected chi connectivity index (χ4v) is 3.28. The normalized spacial score (nSPS) is 14.5. The standard InChI is InChI=1S/C23H19ClN2O5/c1-13-17(14(2)31-26-13)12-29-20-9-8-15(11-21(20)28-3)10-19-23(27)30-22(25-19)16-6-4-5-7-18(16)24/h4-11H,12H2,1-3H3/b19-10-. The molecule has 2 aromatic carbocycles. The lowest BCUT2D eigenvalue weighted by molar-refractivity contribution is -0.129. The lowest BCUT2D eigenvalue weighted by Gasteiger charge is -2.11. The summed E-state index contributed by atoms with van der Waals surface area (Å²) < 4.78 is 21.8. The molecule has 158 valence electrons. The van der Waals surface area contributed by atoms with Crippen molar-refractivity contribution in [3.63, 3.8) is 0 Å². The van der Waals surface area contributed by atoms with Gasteiger partial charge in [0.15, 0.2) is 17.2 Å². The zero-order valence-electron chi connectivity index (χ0n) is 17.1. The summed E-state index contributed by atoms with van der Waals surface area (Å²) in [6, 6.07) is 12.4. The first-order valence-corrected chi connectivity index (χ1v) is 9.84. The summed E-state index contributed by atoms with van der Waals surface area (Å²) in [6.07, 6.45) is 1.62. The van der Waals surface area contributed by atoms with E-state index in [0.717, 1.165) is 11.3 Å². The molecule has 8 heteroatoms. The molecule has 0 radical (unpaired) electrons. The van der Waals surface area contributed by atoms with Crippen LogP contribution in [0.1, 0.15) is 28.1 Å². The largest absolute Gasteiger partial charge is 0.493 e. The number of benzene rings is 2. The number of nitrogens with zero attached hydrogens (tertiary/aromatic N) is 2. The van der Waals surface area contributed by atoms with Crippen molar-refractivity contribution in [2.75, 3.05) is 7.11 Å². The van der Waals surface area contributed by atoms with E-state index in [1.807, 2.05) is 13.8 Å². The van der Waals surface area contributed by atoms with E-state index in [2.05, 4.69) is 10.1 Å². The molecule has 0 bridgehead atoms. The Morgan fingerprint density at radius 3 is 2.65 bits per heavy atom. The number of halogens is 1. The van der Waals surface area contributed by atoms with Gasteiger partial charge >= 0.3 is 5.97 Å². The second-order valence-electron chi connectivity index (χ2n) is 6.82. The van der Waals surface area contributed by atoms with Crippen molar-refractivity contribution in [2.45, 2.75) is 20.5 Å². The van der Waals surface area contributed by atoms with E-state index in [0.29, 0.717) is 40.0 Å². The van der Waals surface area contributed by atoms with Crippen LogP contribution in [0.25, 0.3) is 6.08 Å². The van der Waals surface area contributed by atoms with Crippen molar-refractivity contribution in [1.82, 2.24) is 5.16 Å². The molecule has 4 rings (SSSR count). The van der Waals surface area contributed by atoms with Gasteiger partial charge in [-0.3, -0.25) is 0 Å². The first-order valence-electron chi connectivity index (χ1n) is 9.46. The maximum Gasteiger partial charge on any atom is 0.363 e. The number of cyclic esters (lactones) is 1. The summed E-state index contributed by atoms with van der Waals surface area (Å²) in [7, 11) is 1.55. The predicted octanol–water partition coefficient (Wildman–Crippen LogP) is 4.88. The zero-order chi connectivity index (χ0) is 22.0. The van der Waals surface area contributed by atoms with Crippen LogP contribution in [0.15, 0.2) is 57.7 Å². The summed E-state index contributed by atoms with van der Waals surface area (Å²) in [4.78, 5) is 16.6. The molecule has 0 aliphatic carbocycles. The minimum Gasteiger partial charge on any atom is -0.493 e. The number of aryl methyl sites for hydroxylation is 2. The quantitative estimate of drug-likeness (QED) is 0.403. The average molecular weight is 439 g/mol. The van der Waals surface area contributed by atoms with E-state index in [-0.39, 0.29) is 11.6 Å². The number of hydrogen-bond acceptors (Lipinski definition) is 7. The van der Waals surface area contributed by atoms with Crippen molar-refractivity contribution in [3.05, 3.63) is 81.3 Å². The van der Waals surface area contributed by atoms with Crippen molar-refractivity contribution >= 4 is 29.5 Å². The van der Waals surface area contributed by atoms with E-state index in [1.165, 1.54) is 0 Å². The third-order valence-corrected chi connectivity index (χ3v) is 5.10. The molecule has 31 heavy (non-hydrogen) atoms. The number of methoxy groups -OCH3 is 1. The number of carbonyl (C=O) groups excluding carboxylic acids is 1. The van der Waals surface area contributed by atoms with Crippen LogP contribution in [0.2, 0.25) is 5.02 Å². The molecule has 1 aromatic heterocycles. The average Bonchev–Trinajstić information content (AvgIpc) is 3.28. The van der Waals surface area contributed by atoms with Gasteiger partial charge in [0, 0.05) is 0 Å². The van der Waals surface area contributed by atoms with Crippen molar-refractivity contribution in [1.29, 1.82) is 0 Å². The highest BCUT2D eigenvalue weighted by molar-refractivity contribution is 6.34. The van der Waals surface area contributed by atoms with Crippen LogP contribution in [-0.4, -0.2) is 24.1 Å². The Morgan fingerprint density at radius 1 is 1.13 bits per heavy atom. The Morgan fingerprint density at radius 2 is 1.94 bits per heavy atom. The van der Waals surface area contributed by atoms with Crippen molar-refractivity contribution in [2.24, 2.45) is 4.99 Å². The highest BCUT2D eigenvalue weighted by Crippen LogP contribution is 2.31. The lowest BCUT2D eigenvalue weighted by atomic mass is 10.1. The Labute approximate surface area is 183 Å². The van der Waals surface area contributed by atoms with Crippen LogP contribution in [0.3, 0.4) is 0 Å². The molecule has 1 aliphatic rings. The SMILES string of the molecule is COc1cc(/C=C2\N=C(c3ccccc3Cl)OC2=O)ccc1OCc1c(C)noc1C. The molecule has 0 unspecified atom stereocenters. The summed E-state index contributed by atoms with van der Waals surface area (Å²) in [6.45, 7) is 4.00. The number of esters is 1. The molecule has 7 nitrogen and oxygen atoms in total. The predicted molar refractivity (Wildman–Crippen MR) is 115 cm³/mol. The van der Waals surface area contributed by atoms with Crippen LogP contribution >= 0.6 is 11.6 Å². The van der Waals surface area contributed by atoms with Gasteiger partial charge in [-0.05, 0) is 49.8 Å². The van der Waals surface area contributed by atoms with Crippen LogP contribution in [0.4, 0.5) is 0 Å². The molecule has 0 amide bonds. The van der Waals surface area contributed by atoms with E-state index < -0.39 is 5.97 Å². The Balaban J connectivity index is 1.57. The van der Waals surface area contributed by atoms with E-state index in [4.69, 9.17) is 30.3 Å². The van der Waals surface area contributed by atoms with Gasteiger partial charge in [-0.2, -0.15) is 0 Å². The second kappa shape index (κ2) is 8.65. The molecule has 2 heterocycles. The molecule has 0 saturated heterocycles. The van der Waals surface area contributed by atoms with E-state index >= 15 is 0 Å². The molecule has 0 saturated carbocycles. The fraction of sp³-hybridized carbons (Fsp3) is 0.174. The Kier molecular flexibility index (Phi) is 5.77. The first kappa shape index (κ1) is 20.7. The lowest BCUT2D eigenvalue weighted by Crippen LogP contribution is -2.05. The monoisotopic (exact) mass is 438 g/mol. The van der Waals surface area contributed by atoms with Crippen molar-refractivity contribution < 1.29 is 23.5 Å². The third-order valence-electron chi connectivity index (χ3n) is 4.77. The number of ether oxygens (including phenoxy) is 3. The number of hydrogen-bond donors (Lipinski definition) is 0. The maximum absolute atomic E-state index is 12.3. The minimum absolute atomic E-state index is 0.168. The van der Waals surface area contributed by atoms with Gasteiger partial charge in [-0.25, -0.2) is 9.79 Å². The Bertz CT molecular complexity index is 1190. The number of rotatable bonds is 6. The van der Waals surface area contributed by atoms with Gasteiger partial charge in [0.1, 0.15) is 12.4 Å². The fourth-order valence-electron chi connectivity index (χ4n) is 3.07. The summed E-state index contributed by atoms with van der Waals surface area (Å²) >= 11 is 6.17. The molecule has 0 spiro atoms. The second-order valence-corrected chi connectivity index (χ2v) is 7.22. The van der Waals surface area contributed by atoms with Crippen LogP contribution in [-0.2, 0) is 16.1 Å². The van der Waals surface area contributed by atoms with Gasteiger partial charge < -0.3 is 18.7 Å². The molecule has 3 aromatic rings. The number of aromatic nitrogens is 1. The molecule has 1 aliphatic heterocycles. The van der Waals surface area contributed by atoms with E-state index in [1.54, 1.807) is 55.7 Å². The number of aliphatic imine (C=N–C) groups is 1. The van der Waals surface area contributed by atoms with Crippen LogP contribution in [0, 0.1) is 13.8 Å². The molecular formula is C23H19ClN2O5. The maximum atomic E-state index is 12.3. The highest BCUT2D eigenvalue weighted by atomic mass is 35.5. The van der Waals surface area contributed by atoms with Gasteiger partial charge in [0.2, 0.25) is 5.90 Å². The summed E-state index contributed by atoms with van der Waals surface area (Å²) in [5.74, 6) is 1.41. The summed E-state index contributed by atoms with van der Waals surface area (Å²) in [5.41, 5.74) is 3.11. The summed E-state index contributed by atoms with van der Waals surface area (Å²) in [5, 5.41) is 4.38. The molecular weight excluding hydrogens is 420 g/mol. The minimum atomic E-state index is -0.548. The first-order chi connectivity index (χ1) is 15.0. The molecule has 0 fully saturated rings. The topological polar surface area (TPSA) is 83.2 Å². The van der Waals surface area contributed by atoms with Gasteiger partial charge in [-0.1, -0.05) is 35.0 Å². The third kappa shape index (κ3) is 4.32. The van der Waals surface area contributed by atoms with Gasteiger partial charge in [0.25, 0.3) is 0 Å². The smallest absolute Gasteiger partial charge is 0.363 e. The molecule has 0 N–H and O–H groups in total. The van der Waals surface area contributed by atoms with Crippen LogP contribution in [0.5, 0.6) is 11.5 Å². The Hall–Kier alpha value is -3.58. The van der Waals surface area contributed by atoms with E-state index in [9.17, 15) is 4.79 Å². The van der Waals surface area contributed by atoms with Gasteiger partial charge in [0.05, 0.1) is 29.0 Å². The van der Waals surface area contributed by atoms with Crippen molar-refractivity contribution in [3.8, 4) is 11.5 Å². The number of carbonyl (C=O) groups is 1. The zero-order valence-corrected chi connectivity index (χ0v) is 17.9. The van der Waals surface area contributed by atoms with Gasteiger partial charge in [-0.15, -0.1) is 0 Å². The highest BCUT2D eigenvalue weighted by Gasteiger charge is 2.25. The van der Waals surface area contributed by atoms with Crippen LogP contribution < -0.4 is 9.47 Å².